The number of unbranched alkanes of at least 4 members (excludes halogenated alkanes) is 9. The van der Waals surface area contributed by atoms with Crippen molar-refractivity contribution in [2.75, 3.05) is 71.7 Å². The van der Waals surface area contributed by atoms with Crippen LogP contribution in [0.4, 0.5) is 4.79 Å². The van der Waals surface area contributed by atoms with Gasteiger partial charge in [-0.25, -0.2) is 19.7 Å². The molecule has 19 N–H and O–H groups in total. The highest BCUT2D eigenvalue weighted by Gasteiger charge is 2.42. The third-order valence-electron chi connectivity index (χ3n) is 19.1. The van der Waals surface area contributed by atoms with E-state index in [0.29, 0.717) is 172 Å². The molecule has 0 radical (unpaired) electrons. The van der Waals surface area contributed by atoms with Gasteiger partial charge in [0.05, 0.1) is 108 Å². The molecule has 3 aliphatic heterocycles. The number of nitrogens with two attached hydrogens (primary N) is 5. The summed E-state index contributed by atoms with van der Waals surface area (Å²) in [5.41, 5.74) is 32.0. The van der Waals surface area contributed by atoms with Gasteiger partial charge in [-0.15, -0.1) is 0 Å². The van der Waals surface area contributed by atoms with Gasteiger partial charge in [0, 0.05) is 161 Å². The number of hydrogen-bond donors (Lipinski definition) is 14. The van der Waals surface area contributed by atoms with Gasteiger partial charge in [0.15, 0.2) is 11.6 Å². The van der Waals surface area contributed by atoms with E-state index in [9.17, 15) is 47.9 Å². The number of urea groups is 1. The smallest absolute Gasteiger partial charge is 0.315 e. The summed E-state index contributed by atoms with van der Waals surface area (Å²) in [7, 11) is 0. The summed E-state index contributed by atoms with van der Waals surface area (Å²) in [6, 6.07) is -4.90. The predicted molar refractivity (Wildman–Crippen MR) is 412 cm³/mol. The van der Waals surface area contributed by atoms with Gasteiger partial charge in [-0.3, -0.25) is 52.9 Å². The maximum atomic E-state index is 14.5. The number of carbonyl (C=O) groups excluding carboxylic acids is 11. The van der Waals surface area contributed by atoms with Crippen molar-refractivity contribution >= 4 is 83.0 Å². The molecular formula is C75H122N18O15S. The van der Waals surface area contributed by atoms with Gasteiger partial charge in [0.25, 0.3) is 0 Å². The minimum atomic E-state index is -0.973. The van der Waals surface area contributed by atoms with E-state index in [2.05, 4.69) is 72.5 Å². The molecule has 8 unspecified atom stereocenters. The monoisotopic (exact) mass is 1550 g/mol. The number of primary amides is 1. The van der Waals surface area contributed by atoms with Crippen molar-refractivity contribution in [3.63, 3.8) is 0 Å². The van der Waals surface area contributed by atoms with Crippen LogP contribution in [0.1, 0.15) is 197 Å². The van der Waals surface area contributed by atoms with E-state index in [1.54, 1.807) is 24.8 Å². The number of thioether (sulfide) groups is 1. The average Bonchev–Trinajstić information content (AvgIpc) is 1.53. The van der Waals surface area contributed by atoms with E-state index in [1.807, 2.05) is 17.8 Å². The van der Waals surface area contributed by atoms with Crippen LogP contribution in [0.5, 0.6) is 0 Å². The van der Waals surface area contributed by atoms with Gasteiger partial charge < -0.3 is 94.5 Å². The number of carbonyl (C=O) groups is 11. The standard InChI is InChI=1S/C74H119N17O14S.CH3NO/c75-58(40-52-18-15-30-82-52)65(94)24-8-4-6-23-63(89-72(99)61(78)43-55-46-81-50-87-55)73(100)84-29-14-12-22-62(88-70(97)51(39-67(96)59(76)41-53-44-79-48-85-53)17-11-13-28-83-71(98)60(77)42-54-45-80-49-86-54)66(95)25-7-3-1-2-5-19-57(93)27-32-103-34-36-105-38-37-104-35-33-102-31-16-21-56(92)20-9-10-26-68-69-64(47-106-68)90-74(101)91-69;2-1-3/h18,30,44-46,48-51,58-64,68-69H,1-17,19-29,31-43,47,75-78H2,(H,79,85)(H,80,86)(H,81,87)(H,83,98)(H,84,100)(H,88,97)(H,89,99)(H2,90,91,101);1H,(H2,2,3)/t51?,58?,59?,60?,61?,62?,63?,64-,68?,69-;/m1./s1. The Bertz CT molecular complexity index is 3200. The van der Waals surface area contributed by atoms with Crippen molar-refractivity contribution in [3.8, 4) is 0 Å². The summed E-state index contributed by atoms with van der Waals surface area (Å²) in [5, 5.41) is 18.0. The lowest BCUT2D eigenvalue weighted by molar-refractivity contribution is -0.133. The molecule has 6 rings (SSSR count). The molecule has 6 heterocycles. The molecule has 608 valence electrons. The van der Waals surface area contributed by atoms with E-state index < -0.39 is 59.9 Å². The summed E-state index contributed by atoms with van der Waals surface area (Å²) < 4.78 is 22.4. The van der Waals surface area contributed by atoms with Gasteiger partial charge in [0.1, 0.15) is 23.4 Å². The molecule has 0 bridgehead atoms. The summed E-state index contributed by atoms with van der Waals surface area (Å²) in [6.07, 6.45) is 28.1. The second-order valence-electron chi connectivity index (χ2n) is 28.0. The summed E-state index contributed by atoms with van der Waals surface area (Å²) in [6.45, 7) is 3.61. The first-order valence-corrected chi connectivity index (χ1v) is 40.0. The zero-order chi connectivity index (χ0) is 78.6. The molecule has 0 aromatic carbocycles. The second kappa shape index (κ2) is 55.4. The number of hydrogen-bond acceptors (Lipinski definition) is 24. The lowest BCUT2D eigenvalue weighted by atomic mass is 9.90. The molecule has 0 saturated carbocycles. The van der Waals surface area contributed by atoms with Crippen molar-refractivity contribution in [3.05, 3.63) is 66.4 Å². The lowest BCUT2D eigenvalue weighted by Crippen LogP contribution is -2.52. The SMILES string of the molecule is NC(CC1=CCC=N1)C(=O)CCCCCC(NC(=O)C(N)Cc1cnc[nH]1)C(=O)NCCCCC(NC(=O)C(CCCCNC(=O)C(N)Cc1cnc[nH]1)CC(=O)C(N)Cc1cnc[nH]1)C(=O)CCCCCCCC(=O)CCOCCOCCOCCOCCCC(=O)CCCCC1SC[C@H]2NC(=O)N[C@@H]12.NC=O. The van der Waals surface area contributed by atoms with E-state index in [-0.39, 0.29) is 130 Å². The Morgan fingerprint density at radius 1 is 0.505 bits per heavy atom. The van der Waals surface area contributed by atoms with Crippen LogP contribution in [-0.2, 0) is 86.2 Å². The summed E-state index contributed by atoms with van der Waals surface area (Å²) >= 11 is 1.89. The van der Waals surface area contributed by atoms with E-state index in [1.165, 1.54) is 19.0 Å². The highest BCUT2D eigenvalue weighted by Crippen LogP contribution is 2.33. The number of ether oxygens (including phenoxy) is 4. The Labute approximate surface area is 643 Å². The molecule has 0 aliphatic carbocycles. The molecule has 109 heavy (non-hydrogen) atoms. The summed E-state index contributed by atoms with van der Waals surface area (Å²) in [5.74, 6) is -1.94. The van der Waals surface area contributed by atoms with Crippen LogP contribution in [0.2, 0.25) is 0 Å². The van der Waals surface area contributed by atoms with Gasteiger partial charge in [-0.1, -0.05) is 51.0 Å². The largest absolute Gasteiger partial charge is 0.379 e. The number of nitrogens with one attached hydrogen (secondary N) is 9. The Morgan fingerprint density at radius 2 is 0.991 bits per heavy atom. The van der Waals surface area contributed by atoms with E-state index in [0.717, 1.165) is 55.7 Å². The number of rotatable bonds is 64. The first-order chi connectivity index (χ1) is 52.8. The van der Waals surface area contributed by atoms with Crippen LogP contribution in [0.25, 0.3) is 0 Å². The molecule has 2 saturated heterocycles. The van der Waals surface area contributed by atoms with Crippen LogP contribution in [0.15, 0.2) is 54.3 Å². The van der Waals surface area contributed by atoms with Crippen LogP contribution < -0.4 is 60.6 Å². The minimum Gasteiger partial charge on any atom is -0.379 e. The first kappa shape index (κ1) is 91.6. The number of aromatic nitrogens is 6. The third kappa shape index (κ3) is 39.5. The number of aliphatic imine (C=N–C) groups is 1. The van der Waals surface area contributed by atoms with E-state index in [4.69, 9.17) is 46.7 Å². The van der Waals surface area contributed by atoms with Crippen molar-refractivity contribution in [1.82, 2.24) is 61.8 Å². The van der Waals surface area contributed by atoms with Crippen LogP contribution in [-0.4, -0.2) is 226 Å². The molecule has 34 heteroatoms. The van der Waals surface area contributed by atoms with Crippen molar-refractivity contribution in [1.29, 1.82) is 0 Å². The molecule has 10 atom stereocenters. The zero-order valence-electron chi connectivity index (χ0n) is 63.4. The molecule has 0 spiro atoms. The Balaban J connectivity index is 0.00000697. The predicted octanol–water partition coefficient (Wildman–Crippen LogP) is 3.08. The Morgan fingerprint density at radius 3 is 1.60 bits per heavy atom. The molecule has 7 amide bonds. The maximum absolute atomic E-state index is 14.5. The number of Topliss-reactive ketones (excluding diaryl/α,β-unsaturated/α-hetero) is 5. The molecule has 3 aromatic heterocycles. The topological polar surface area (TPSA) is 525 Å². The molecule has 33 nitrogen and oxygen atoms in total. The molecule has 3 aromatic rings. The zero-order valence-corrected chi connectivity index (χ0v) is 64.2. The number of H-pyrrole nitrogens is 3. The molecular weight excluding hydrogens is 1430 g/mol. The quantitative estimate of drug-likeness (QED) is 0.0219. The molecule has 2 fully saturated rings. The average molecular weight is 1550 g/mol. The number of aromatic amines is 3. The van der Waals surface area contributed by atoms with Gasteiger partial charge in [-0.05, 0) is 77.0 Å². The van der Waals surface area contributed by atoms with Gasteiger partial charge in [0.2, 0.25) is 30.0 Å². The van der Waals surface area contributed by atoms with Crippen molar-refractivity contribution in [2.24, 2.45) is 39.6 Å². The molecule has 3 aliphatic rings. The maximum Gasteiger partial charge on any atom is 0.315 e. The lowest BCUT2D eigenvalue weighted by Gasteiger charge is -2.23. The number of allylic oxidation sites excluding steroid dienone is 1. The highest BCUT2D eigenvalue weighted by atomic mass is 32.2. The Kier molecular flexibility index (Phi) is 46.6. The normalized spacial score (nSPS) is 16.9. The van der Waals surface area contributed by atoms with Crippen LogP contribution in [0.3, 0.4) is 0 Å². The first-order valence-electron chi connectivity index (χ1n) is 38.9. The third-order valence-corrected chi connectivity index (χ3v) is 20.6. The number of fused-ring (bicyclic) bond motifs is 1. The van der Waals surface area contributed by atoms with Crippen LogP contribution >= 0.6 is 11.8 Å². The van der Waals surface area contributed by atoms with Crippen LogP contribution in [0, 0.1) is 5.92 Å². The number of nitrogens with zero attached hydrogens (tertiary/aromatic N) is 4. The minimum absolute atomic E-state index is 0.0695. The highest BCUT2D eigenvalue weighted by molar-refractivity contribution is 8.00. The number of amides is 7. The number of imidazole rings is 3. The fourth-order valence-electron chi connectivity index (χ4n) is 12.8. The van der Waals surface area contributed by atoms with Gasteiger partial charge >= 0.3 is 6.03 Å². The van der Waals surface area contributed by atoms with Gasteiger partial charge in [-0.2, -0.15) is 11.8 Å². The Hall–Kier alpha value is -7.96. The fourth-order valence-corrected chi connectivity index (χ4v) is 14.4. The second-order valence-corrected chi connectivity index (χ2v) is 29.2. The number of ketones is 5. The van der Waals surface area contributed by atoms with E-state index >= 15 is 0 Å². The van der Waals surface area contributed by atoms with Crippen molar-refractivity contribution in [2.45, 2.75) is 253 Å². The van der Waals surface area contributed by atoms with Crippen molar-refractivity contribution < 1.29 is 71.7 Å². The summed E-state index contributed by atoms with van der Waals surface area (Å²) in [4.78, 5) is 166. The fraction of sp³-hybridized carbons (Fsp3) is 0.693.